The highest BCUT2D eigenvalue weighted by Crippen LogP contribution is 2.34. The molecular formula is C28H32N6O7. The van der Waals surface area contributed by atoms with Gasteiger partial charge in [0.15, 0.2) is 6.61 Å². The highest BCUT2D eigenvalue weighted by atomic mass is 16.6. The summed E-state index contributed by atoms with van der Waals surface area (Å²) in [5.41, 5.74) is 1.55. The number of hydrogen-bond acceptors (Lipinski definition) is 9. The maximum absolute atomic E-state index is 13.0. The molecule has 13 nitrogen and oxygen atoms in total. The molecular weight excluding hydrogens is 532 g/mol. The molecule has 1 saturated heterocycles. The number of benzene rings is 2. The van der Waals surface area contributed by atoms with Crippen LogP contribution in [-0.2, 0) is 25.7 Å². The number of nitrogens with one attached hydrogen (secondary N) is 3. The number of carbonyl (C=O) groups excluding carboxylic acids is 5. The largest absolute Gasteiger partial charge is 0.484 e. The van der Waals surface area contributed by atoms with Crippen molar-refractivity contribution < 1.29 is 33.4 Å². The lowest BCUT2D eigenvalue weighted by Crippen LogP contribution is -2.52. The summed E-state index contributed by atoms with van der Waals surface area (Å²) < 4.78 is 10.6. The van der Waals surface area contributed by atoms with Gasteiger partial charge in [0.2, 0.25) is 11.8 Å². The zero-order valence-corrected chi connectivity index (χ0v) is 23.1. The number of alkyl carbamates (subject to hydrolysis) is 1. The smallest absolute Gasteiger partial charge is 0.407 e. The van der Waals surface area contributed by atoms with Crippen LogP contribution >= 0.6 is 0 Å². The molecule has 216 valence electrons. The molecule has 0 aliphatic carbocycles. The lowest BCUT2D eigenvalue weighted by Gasteiger charge is -2.29. The van der Waals surface area contributed by atoms with E-state index in [1.807, 2.05) is 0 Å². The first-order valence-corrected chi connectivity index (χ1v) is 13.1. The fourth-order valence-corrected chi connectivity index (χ4v) is 4.26. The number of azo groups is 1. The Labute approximate surface area is 236 Å². The van der Waals surface area contributed by atoms with Crippen LogP contribution in [0.4, 0.5) is 16.2 Å². The Morgan fingerprint density at radius 3 is 2.46 bits per heavy atom. The van der Waals surface area contributed by atoms with Crippen LogP contribution in [0.3, 0.4) is 0 Å². The van der Waals surface area contributed by atoms with E-state index in [4.69, 9.17) is 9.47 Å². The molecule has 3 N–H and O–H groups in total. The van der Waals surface area contributed by atoms with E-state index in [1.165, 1.54) is 4.90 Å². The fraction of sp³-hybridized carbons (Fsp3) is 0.393. The molecule has 0 aromatic heterocycles. The van der Waals surface area contributed by atoms with Crippen molar-refractivity contribution in [3.8, 4) is 5.75 Å². The molecule has 2 aliphatic rings. The van der Waals surface area contributed by atoms with E-state index in [-0.39, 0.29) is 56.8 Å². The molecule has 2 aliphatic heterocycles. The second-order valence-corrected chi connectivity index (χ2v) is 10.5. The number of rotatable bonds is 9. The van der Waals surface area contributed by atoms with E-state index < -0.39 is 23.6 Å². The van der Waals surface area contributed by atoms with Gasteiger partial charge in [-0.3, -0.25) is 24.5 Å². The number of carbonyl (C=O) groups is 5. The zero-order chi connectivity index (χ0) is 29.6. The normalized spacial score (nSPS) is 16.8. The molecule has 1 fully saturated rings. The molecule has 13 heteroatoms. The first-order chi connectivity index (χ1) is 19.5. The van der Waals surface area contributed by atoms with E-state index in [9.17, 15) is 24.0 Å². The van der Waals surface area contributed by atoms with Crippen LogP contribution in [0.5, 0.6) is 5.75 Å². The lowest BCUT2D eigenvalue weighted by atomic mass is 10.0. The second kappa shape index (κ2) is 12.6. The number of fused-ring (bicyclic) bond motifs is 1. The number of ether oxygens (including phenoxy) is 2. The van der Waals surface area contributed by atoms with Gasteiger partial charge in [-0.15, -0.1) is 0 Å². The molecule has 0 radical (unpaired) electrons. The minimum absolute atomic E-state index is 0.181. The van der Waals surface area contributed by atoms with Crippen molar-refractivity contribution in [2.75, 3.05) is 19.7 Å². The summed E-state index contributed by atoms with van der Waals surface area (Å²) in [6.07, 6.45) is -0.0942. The van der Waals surface area contributed by atoms with Crippen LogP contribution in [0.15, 0.2) is 52.7 Å². The van der Waals surface area contributed by atoms with Crippen molar-refractivity contribution in [1.29, 1.82) is 0 Å². The Bertz CT molecular complexity index is 1370. The standard InChI is InChI=1S/C28H32N6O7/c1-28(2,3)41-27(39)30-14-13-29-24(36)16-40-18-9-7-17(8-10-18)32-33-21-6-4-5-19-20(21)15-34(26(19)38)22-11-12-23(35)31-25(22)37/h4-10,22H,11-16H2,1-3H3,(H,29,36)(H,30,39)(H,31,35,37)/b33-32+. The molecule has 0 spiro atoms. The van der Waals surface area contributed by atoms with Gasteiger partial charge < -0.3 is 25.0 Å². The lowest BCUT2D eigenvalue weighted by molar-refractivity contribution is -0.137. The van der Waals surface area contributed by atoms with Crippen molar-refractivity contribution in [2.24, 2.45) is 10.2 Å². The Morgan fingerprint density at radius 2 is 1.76 bits per heavy atom. The molecule has 0 bridgehead atoms. The number of amides is 5. The topological polar surface area (TPSA) is 168 Å². The Hall–Kier alpha value is -4.81. The predicted octanol–water partition coefficient (Wildman–Crippen LogP) is 2.88. The van der Waals surface area contributed by atoms with Crippen LogP contribution < -0.4 is 20.7 Å². The van der Waals surface area contributed by atoms with Crippen LogP contribution in [0.2, 0.25) is 0 Å². The monoisotopic (exact) mass is 564 g/mol. The molecule has 4 rings (SSSR count). The molecule has 2 aromatic carbocycles. The Balaban J connectivity index is 1.26. The van der Waals surface area contributed by atoms with Gasteiger partial charge in [-0.05, 0) is 63.6 Å². The minimum Gasteiger partial charge on any atom is -0.484 e. The highest BCUT2D eigenvalue weighted by Gasteiger charge is 2.39. The van der Waals surface area contributed by atoms with Crippen molar-refractivity contribution in [1.82, 2.24) is 20.9 Å². The quantitative estimate of drug-likeness (QED) is 0.239. The fourth-order valence-electron chi connectivity index (χ4n) is 4.26. The summed E-state index contributed by atoms with van der Waals surface area (Å²) in [5, 5.41) is 16.1. The molecule has 2 heterocycles. The third-order valence-electron chi connectivity index (χ3n) is 6.15. The van der Waals surface area contributed by atoms with Gasteiger partial charge in [0.1, 0.15) is 17.4 Å². The average Bonchev–Trinajstić information content (AvgIpc) is 3.25. The van der Waals surface area contributed by atoms with Crippen LogP contribution in [0.25, 0.3) is 0 Å². The molecule has 41 heavy (non-hydrogen) atoms. The highest BCUT2D eigenvalue weighted by molar-refractivity contribution is 6.06. The predicted molar refractivity (Wildman–Crippen MR) is 146 cm³/mol. The molecule has 2 aromatic rings. The molecule has 0 saturated carbocycles. The first kappa shape index (κ1) is 29.2. The second-order valence-electron chi connectivity index (χ2n) is 10.5. The van der Waals surface area contributed by atoms with Crippen molar-refractivity contribution in [2.45, 2.75) is 51.8 Å². The number of nitrogens with zero attached hydrogens (tertiary/aromatic N) is 3. The first-order valence-electron chi connectivity index (χ1n) is 13.1. The SMILES string of the molecule is CC(C)(C)OC(=O)NCCNC(=O)COc1ccc(/N=N/c2cccc3c2CN(C2CCC(=O)NC2=O)C3=O)cc1. The van der Waals surface area contributed by atoms with Crippen LogP contribution in [0, 0.1) is 0 Å². The van der Waals surface area contributed by atoms with Gasteiger partial charge in [-0.25, -0.2) is 4.79 Å². The van der Waals surface area contributed by atoms with E-state index >= 15 is 0 Å². The third kappa shape index (κ3) is 7.87. The maximum Gasteiger partial charge on any atom is 0.407 e. The Morgan fingerprint density at radius 1 is 1.02 bits per heavy atom. The van der Waals surface area contributed by atoms with Gasteiger partial charge in [0.05, 0.1) is 11.4 Å². The summed E-state index contributed by atoms with van der Waals surface area (Å²) >= 11 is 0. The average molecular weight is 565 g/mol. The van der Waals surface area contributed by atoms with E-state index in [0.717, 1.165) is 0 Å². The number of imide groups is 1. The molecule has 5 amide bonds. The maximum atomic E-state index is 13.0. The summed E-state index contributed by atoms with van der Waals surface area (Å²) in [6, 6.07) is 11.1. The summed E-state index contributed by atoms with van der Waals surface area (Å²) in [4.78, 5) is 61.8. The van der Waals surface area contributed by atoms with Gasteiger partial charge in [0, 0.05) is 37.2 Å². The Kier molecular flexibility index (Phi) is 8.95. The zero-order valence-electron chi connectivity index (χ0n) is 23.1. The van der Waals surface area contributed by atoms with Gasteiger partial charge in [0.25, 0.3) is 11.8 Å². The summed E-state index contributed by atoms with van der Waals surface area (Å²) in [6.45, 7) is 5.72. The van der Waals surface area contributed by atoms with E-state index in [0.29, 0.717) is 28.3 Å². The van der Waals surface area contributed by atoms with Crippen molar-refractivity contribution in [3.05, 3.63) is 53.6 Å². The van der Waals surface area contributed by atoms with Gasteiger partial charge >= 0.3 is 6.09 Å². The van der Waals surface area contributed by atoms with Crippen LogP contribution in [-0.4, -0.2) is 66.0 Å². The van der Waals surface area contributed by atoms with Gasteiger partial charge in [-0.2, -0.15) is 10.2 Å². The molecule has 1 atom stereocenters. The number of piperidine rings is 1. The van der Waals surface area contributed by atoms with Gasteiger partial charge in [-0.1, -0.05) is 6.07 Å². The minimum atomic E-state index is -0.707. The summed E-state index contributed by atoms with van der Waals surface area (Å²) in [5.74, 6) is -0.984. The number of hydrogen-bond donors (Lipinski definition) is 3. The van der Waals surface area contributed by atoms with Crippen molar-refractivity contribution in [3.63, 3.8) is 0 Å². The van der Waals surface area contributed by atoms with Crippen LogP contribution in [0.1, 0.15) is 49.5 Å². The summed E-state index contributed by atoms with van der Waals surface area (Å²) in [7, 11) is 0. The van der Waals surface area contributed by atoms with E-state index in [1.54, 1.807) is 63.2 Å². The van der Waals surface area contributed by atoms with E-state index in [2.05, 4.69) is 26.2 Å². The third-order valence-corrected chi connectivity index (χ3v) is 6.15. The van der Waals surface area contributed by atoms with Crippen molar-refractivity contribution >= 4 is 41.1 Å². The molecule has 1 unspecified atom stereocenters.